The van der Waals surface area contributed by atoms with E-state index in [1.54, 1.807) is 18.4 Å². The molecule has 0 amide bonds. The number of thiophene rings is 1. The zero-order chi connectivity index (χ0) is 16.7. The third-order valence-electron chi connectivity index (χ3n) is 4.58. The van der Waals surface area contributed by atoms with E-state index >= 15 is 0 Å². The maximum Gasteiger partial charge on any atom is 0.176 e. The van der Waals surface area contributed by atoms with E-state index in [1.165, 1.54) is 0 Å². The van der Waals surface area contributed by atoms with Crippen LogP contribution in [0.5, 0.6) is 0 Å². The quantitative estimate of drug-likeness (QED) is 0.769. The van der Waals surface area contributed by atoms with Crippen LogP contribution in [-0.2, 0) is 0 Å². The molecule has 5 heteroatoms. The number of carbonyl (C=O) groups excluding carboxylic acids is 1. The predicted molar refractivity (Wildman–Crippen MR) is 101 cm³/mol. The number of benzene rings is 1. The van der Waals surface area contributed by atoms with E-state index in [1.807, 2.05) is 19.2 Å². The fourth-order valence-electron chi connectivity index (χ4n) is 3.48. The number of amidine groups is 1. The zero-order valence-corrected chi connectivity index (χ0v) is 14.6. The Kier molecular flexibility index (Phi) is 3.81. The molecule has 1 aromatic carbocycles. The maximum absolute atomic E-state index is 12.9. The molecule has 122 valence electrons. The van der Waals surface area contributed by atoms with Crippen LogP contribution in [0, 0.1) is 12.8 Å². The van der Waals surface area contributed by atoms with Gasteiger partial charge >= 0.3 is 0 Å². The molecule has 3 heterocycles. The third-order valence-corrected chi connectivity index (χ3v) is 5.52. The Hall–Kier alpha value is -2.27. The highest BCUT2D eigenvalue weighted by Crippen LogP contribution is 2.40. The van der Waals surface area contributed by atoms with Crippen molar-refractivity contribution in [2.45, 2.75) is 19.8 Å². The van der Waals surface area contributed by atoms with Crippen molar-refractivity contribution in [3.05, 3.63) is 46.3 Å². The number of ketones is 1. The SMILES string of the molecule is C/N=C\c1ccc(N2CCCC3C(=O)c4cc(C)sc4N=C32)cc1. The molecule has 2 aromatic rings. The molecule has 1 atom stereocenters. The zero-order valence-electron chi connectivity index (χ0n) is 13.8. The fourth-order valence-corrected chi connectivity index (χ4v) is 4.37. The molecule has 0 spiro atoms. The summed E-state index contributed by atoms with van der Waals surface area (Å²) in [6.45, 7) is 2.94. The number of Topliss-reactive ketones (excluding diaryl/α,β-unsaturated/α-hetero) is 1. The lowest BCUT2D eigenvalue weighted by molar-refractivity contribution is 0.0944. The molecule has 0 bridgehead atoms. The molecule has 1 saturated heterocycles. The van der Waals surface area contributed by atoms with E-state index in [0.29, 0.717) is 0 Å². The monoisotopic (exact) mass is 337 g/mol. The molecule has 0 saturated carbocycles. The summed E-state index contributed by atoms with van der Waals surface area (Å²) in [4.78, 5) is 25.1. The fraction of sp³-hybridized carbons (Fsp3) is 0.316. The minimum Gasteiger partial charge on any atom is -0.329 e. The van der Waals surface area contributed by atoms with Crippen molar-refractivity contribution in [3.63, 3.8) is 0 Å². The molecule has 0 radical (unpaired) electrons. The standard InChI is InChI=1S/C19H19N3OS/c1-12-10-16-17(23)15-4-3-9-22(18(15)21-19(16)24-12)14-7-5-13(6-8-14)11-20-2/h5-8,10-11,15H,3-4,9H2,1-2H3/b20-11-. The van der Waals surface area contributed by atoms with Crippen LogP contribution < -0.4 is 4.90 Å². The van der Waals surface area contributed by atoms with E-state index in [2.05, 4.69) is 34.2 Å². The van der Waals surface area contributed by atoms with Gasteiger partial charge in [-0.1, -0.05) is 12.1 Å². The highest BCUT2D eigenvalue weighted by atomic mass is 32.1. The smallest absolute Gasteiger partial charge is 0.176 e. The van der Waals surface area contributed by atoms with Crippen molar-refractivity contribution >= 4 is 39.9 Å². The molecule has 4 rings (SSSR count). The molecule has 24 heavy (non-hydrogen) atoms. The summed E-state index contributed by atoms with van der Waals surface area (Å²) in [5, 5.41) is 0.866. The van der Waals surface area contributed by atoms with Gasteiger partial charge in [0, 0.05) is 30.4 Å². The summed E-state index contributed by atoms with van der Waals surface area (Å²) in [7, 11) is 1.77. The number of carbonyl (C=O) groups is 1. The first-order valence-corrected chi connectivity index (χ1v) is 9.02. The Bertz CT molecular complexity index is 848. The number of hydrogen-bond donors (Lipinski definition) is 0. The van der Waals surface area contributed by atoms with Crippen molar-refractivity contribution in [1.29, 1.82) is 0 Å². The lowest BCUT2D eigenvalue weighted by Gasteiger charge is -2.36. The second-order valence-corrected chi connectivity index (χ2v) is 7.47. The Labute approximate surface area is 145 Å². The summed E-state index contributed by atoms with van der Waals surface area (Å²) in [6.07, 6.45) is 3.74. The van der Waals surface area contributed by atoms with Crippen molar-refractivity contribution < 1.29 is 4.79 Å². The second kappa shape index (κ2) is 5.98. The number of anilines is 1. The van der Waals surface area contributed by atoms with Crippen LogP contribution in [0.15, 0.2) is 40.3 Å². The first kappa shape index (κ1) is 15.3. The molecule has 1 unspecified atom stereocenters. The number of nitrogens with zero attached hydrogens (tertiary/aromatic N) is 3. The minimum absolute atomic E-state index is 0.0999. The van der Waals surface area contributed by atoms with Crippen LogP contribution in [0.3, 0.4) is 0 Å². The third kappa shape index (κ3) is 2.49. The van der Waals surface area contributed by atoms with E-state index < -0.39 is 0 Å². The minimum atomic E-state index is -0.0999. The number of rotatable bonds is 2. The number of fused-ring (bicyclic) bond motifs is 2. The molecule has 2 aliphatic rings. The second-order valence-electron chi connectivity index (χ2n) is 6.24. The molecule has 1 aromatic heterocycles. The Morgan fingerprint density at radius 3 is 2.88 bits per heavy atom. The van der Waals surface area contributed by atoms with Crippen LogP contribution in [-0.4, -0.2) is 31.4 Å². The molecular weight excluding hydrogens is 318 g/mol. The number of piperidine rings is 1. The van der Waals surface area contributed by atoms with Gasteiger partial charge in [-0.15, -0.1) is 11.3 Å². The number of aliphatic imine (C=N–C) groups is 2. The van der Waals surface area contributed by atoms with E-state index in [4.69, 9.17) is 4.99 Å². The van der Waals surface area contributed by atoms with Gasteiger partial charge in [0.2, 0.25) is 0 Å². The van der Waals surface area contributed by atoms with Gasteiger partial charge in [-0.3, -0.25) is 9.79 Å². The highest BCUT2D eigenvalue weighted by molar-refractivity contribution is 7.16. The maximum atomic E-state index is 12.9. The van der Waals surface area contributed by atoms with Crippen LogP contribution in [0.25, 0.3) is 0 Å². The molecule has 0 aliphatic carbocycles. The molecule has 2 aliphatic heterocycles. The van der Waals surface area contributed by atoms with Crippen LogP contribution in [0.2, 0.25) is 0 Å². The van der Waals surface area contributed by atoms with Crippen molar-refractivity contribution in [2.24, 2.45) is 15.9 Å². The van der Waals surface area contributed by atoms with Gasteiger partial charge in [0.05, 0.1) is 11.5 Å². The van der Waals surface area contributed by atoms with E-state index in [-0.39, 0.29) is 11.7 Å². The lowest BCUT2D eigenvalue weighted by atomic mass is 9.87. The first-order valence-electron chi connectivity index (χ1n) is 8.20. The molecule has 1 fully saturated rings. The largest absolute Gasteiger partial charge is 0.329 e. The normalized spacial score (nSPS) is 20.1. The van der Waals surface area contributed by atoms with Crippen LogP contribution in [0.4, 0.5) is 10.7 Å². The average Bonchev–Trinajstić information content (AvgIpc) is 2.97. The topological polar surface area (TPSA) is 45.0 Å². The molecular formula is C19H19N3OS. The number of hydrogen-bond acceptors (Lipinski definition) is 5. The molecule has 4 nitrogen and oxygen atoms in total. The molecule has 0 N–H and O–H groups in total. The Balaban J connectivity index is 1.74. The highest BCUT2D eigenvalue weighted by Gasteiger charge is 2.38. The van der Waals surface area contributed by atoms with Gasteiger partial charge < -0.3 is 4.90 Å². The van der Waals surface area contributed by atoms with Gasteiger partial charge in [-0.2, -0.15) is 0 Å². The lowest BCUT2D eigenvalue weighted by Crippen LogP contribution is -2.45. The Morgan fingerprint density at radius 1 is 1.33 bits per heavy atom. The van der Waals surface area contributed by atoms with E-state index in [0.717, 1.165) is 51.9 Å². The van der Waals surface area contributed by atoms with Gasteiger partial charge in [0.25, 0.3) is 0 Å². The summed E-state index contributed by atoms with van der Waals surface area (Å²) in [6, 6.07) is 10.3. The van der Waals surface area contributed by atoms with Crippen molar-refractivity contribution in [3.8, 4) is 0 Å². The summed E-state index contributed by atoms with van der Waals surface area (Å²) < 4.78 is 0. The van der Waals surface area contributed by atoms with Gasteiger partial charge in [-0.05, 0) is 43.5 Å². The number of aryl methyl sites for hydroxylation is 1. The summed E-state index contributed by atoms with van der Waals surface area (Å²) in [5.41, 5.74) is 2.98. The summed E-state index contributed by atoms with van der Waals surface area (Å²) in [5.74, 6) is 1.05. The van der Waals surface area contributed by atoms with Gasteiger partial charge in [0.1, 0.15) is 10.8 Å². The van der Waals surface area contributed by atoms with E-state index in [9.17, 15) is 4.79 Å². The van der Waals surface area contributed by atoms with Gasteiger partial charge in [0.15, 0.2) is 5.78 Å². The van der Waals surface area contributed by atoms with Gasteiger partial charge in [-0.25, -0.2) is 4.99 Å². The Morgan fingerprint density at radius 2 is 2.12 bits per heavy atom. The van der Waals surface area contributed by atoms with Crippen molar-refractivity contribution in [2.75, 3.05) is 18.5 Å². The predicted octanol–water partition coefficient (Wildman–Crippen LogP) is 4.25. The summed E-state index contributed by atoms with van der Waals surface area (Å²) >= 11 is 1.60. The van der Waals surface area contributed by atoms with Crippen molar-refractivity contribution in [1.82, 2.24) is 0 Å². The van der Waals surface area contributed by atoms with Crippen LogP contribution in [0.1, 0.15) is 33.6 Å². The van der Waals surface area contributed by atoms with Crippen LogP contribution >= 0.6 is 11.3 Å². The first-order chi connectivity index (χ1) is 11.7. The average molecular weight is 337 g/mol.